The number of aryl methyl sites for hydroxylation is 1. The first kappa shape index (κ1) is 15.0. The summed E-state index contributed by atoms with van der Waals surface area (Å²) in [5.74, 6) is 1.66. The minimum absolute atomic E-state index is 0.115. The Balaban J connectivity index is 1.35. The van der Waals surface area contributed by atoms with Crippen molar-refractivity contribution in [2.75, 3.05) is 25.2 Å². The largest absolute Gasteiger partial charge is 0.454 e. The van der Waals surface area contributed by atoms with Gasteiger partial charge in [-0.3, -0.25) is 4.79 Å². The van der Waals surface area contributed by atoms with Crippen LogP contribution in [0, 0.1) is 0 Å². The van der Waals surface area contributed by atoms with E-state index in [4.69, 9.17) is 9.47 Å². The molecule has 0 aliphatic carbocycles. The Morgan fingerprint density at radius 3 is 3.00 bits per heavy atom. The van der Waals surface area contributed by atoms with Gasteiger partial charge in [0, 0.05) is 24.3 Å². The van der Waals surface area contributed by atoms with Gasteiger partial charge in [0.25, 0.3) is 0 Å². The highest BCUT2D eigenvalue weighted by molar-refractivity contribution is 5.98. The fraction of sp³-hybridized carbons (Fsp3) is 0.316. The summed E-state index contributed by atoms with van der Waals surface area (Å²) in [5, 5.41) is 6.57. The Morgan fingerprint density at radius 2 is 2.04 bits per heavy atom. The van der Waals surface area contributed by atoms with Crippen LogP contribution in [0.4, 0.5) is 5.69 Å². The van der Waals surface area contributed by atoms with Crippen molar-refractivity contribution in [3.8, 4) is 11.5 Å². The van der Waals surface area contributed by atoms with Crippen molar-refractivity contribution in [3.63, 3.8) is 0 Å². The predicted octanol–water partition coefficient (Wildman–Crippen LogP) is 2.75. The van der Waals surface area contributed by atoms with E-state index < -0.39 is 0 Å². The number of benzene rings is 2. The maximum Gasteiger partial charge on any atom is 0.231 e. The lowest BCUT2D eigenvalue weighted by Gasteiger charge is -2.18. The molecular weight excluding hydrogens is 304 g/mol. The average molecular weight is 324 g/mol. The van der Waals surface area contributed by atoms with Crippen molar-refractivity contribution < 1.29 is 14.3 Å². The zero-order valence-electron chi connectivity index (χ0n) is 13.4. The van der Waals surface area contributed by atoms with Gasteiger partial charge in [0.05, 0.1) is 6.54 Å². The van der Waals surface area contributed by atoms with Crippen LogP contribution in [-0.4, -0.2) is 25.7 Å². The first-order chi connectivity index (χ1) is 11.8. The summed E-state index contributed by atoms with van der Waals surface area (Å²) >= 11 is 0. The van der Waals surface area contributed by atoms with E-state index in [1.54, 1.807) is 0 Å². The number of fused-ring (bicyclic) bond motifs is 2. The van der Waals surface area contributed by atoms with E-state index in [9.17, 15) is 4.79 Å². The fourth-order valence-corrected chi connectivity index (χ4v) is 3.12. The van der Waals surface area contributed by atoms with Crippen LogP contribution in [0.25, 0.3) is 0 Å². The van der Waals surface area contributed by atoms with Crippen LogP contribution < -0.4 is 20.1 Å². The number of hydrogen-bond donors (Lipinski definition) is 2. The Bertz CT molecular complexity index is 773. The standard InChI is InChI=1S/C19H20N2O3/c22-17(15-4-5-16-14(9-15)2-1-7-21-16)11-20-10-13-3-6-18-19(8-13)24-12-23-18/h3-6,8-9,20-21H,1-2,7,10-12H2. The molecule has 2 aromatic carbocycles. The Kier molecular flexibility index (Phi) is 4.09. The van der Waals surface area contributed by atoms with Gasteiger partial charge in [0.1, 0.15) is 0 Å². The van der Waals surface area contributed by atoms with Crippen LogP contribution in [0.2, 0.25) is 0 Å². The molecule has 2 N–H and O–H groups in total. The molecule has 0 unspecified atom stereocenters. The van der Waals surface area contributed by atoms with Crippen LogP contribution in [0.3, 0.4) is 0 Å². The minimum Gasteiger partial charge on any atom is -0.454 e. The predicted molar refractivity (Wildman–Crippen MR) is 91.9 cm³/mol. The summed E-state index contributed by atoms with van der Waals surface area (Å²) in [6, 6.07) is 11.8. The Hall–Kier alpha value is -2.53. The molecule has 2 heterocycles. The van der Waals surface area contributed by atoms with Crippen molar-refractivity contribution in [1.82, 2.24) is 5.32 Å². The third kappa shape index (κ3) is 3.08. The van der Waals surface area contributed by atoms with Crippen LogP contribution >= 0.6 is 0 Å². The third-order valence-corrected chi connectivity index (χ3v) is 4.42. The van der Waals surface area contributed by atoms with Crippen molar-refractivity contribution in [3.05, 3.63) is 53.1 Å². The number of ether oxygens (including phenoxy) is 2. The molecule has 24 heavy (non-hydrogen) atoms. The second-order valence-electron chi connectivity index (χ2n) is 6.12. The molecule has 0 bridgehead atoms. The molecule has 124 valence electrons. The van der Waals surface area contributed by atoms with E-state index in [1.807, 2.05) is 36.4 Å². The van der Waals surface area contributed by atoms with Crippen molar-refractivity contribution in [1.29, 1.82) is 0 Å². The molecule has 4 rings (SSSR count). The van der Waals surface area contributed by atoms with Gasteiger partial charge in [0.2, 0.25) is 6.79 Å². The lowest BCUT2D eigenvalue weighted by atomic mass is 9.99. The second-order valence-corrected chi connectivity index (χ2v) is 6.12. The number of carbonyl (C=O) groups is 1. The molecule has 0 saturated heterocycles. The summed E-state index contributed by atoms with van der Waals surface area (Å²) in [4.78, 5) is 12.4. The van der Waals surface area contributed by atoms with Gasteiger partial charge in [-0.2, -0.15) is 0 Å². The zero-order chi connectivity index (χ0) is 16.4. The molecule has 0 radical (unpaired) electrons. The normalized spacial score (nSPS) is 14.8. The quantitative estimate of drug-likeness (QED) is 0.828. The SMILES string of the molecule is O=C(CNCc1ccc2c(c1)OCO2)c1ccc2c(c1)CCCN2. The Labute approximate surface area is 141 Å². The van der Waals surface area contributed by atoms with Crippen LogP contribution in [0.1, 0.15) is 27.9 Å². The first-order valence-electron chi connectivity index (χ1n) is 8.29. The number of carbonyl (C=O) groups excluding carboxylic acids is 1. The molecule has 5 heteroatoms. The molecule has 0 atom stereocenters. The van der Waals surface area contributed by atoms with Gasteiger partial charge in [-0.05, 0) is 54.3 Å². The van der Waals surface area contributed by atoms with E-state index >= 15 is 0 Å². The molecule has 0 spiro atoms. The molecular formula is C19H20N2O3. The summed E-state index contributed by atoms with van der Waals surface area (Å²) in [7, 11) is 0. The lowest BCUT2D eigenvalue weighted by Crippen LogP contribution is -2.23. The monoisotopic (exact) mass is 324 g/mol. The lowest BCUT2D eigenvalue weighted by molar-refractivity contribution is 0.0990. The van der Waals surface area contributed by atoms with E-state index in [0.29, 0.717) is 13.1 Å². The molecule has 0 amide bonds. The maximum atomic E-state index is 12.4. The van der Waals surface area contributed by atoms with Gasteiger partial charge in [0.15, 0.2) is 17.3 Å². The van der Waals surface area contributed by atoms with E-state index in [1.165, 1.54) is 5.56 Å². The van der Waals surface area contributed by atoms with E-state index in [-0.39, 0.29) is 12.6 Å². The highest BCUT2D eigenvalue weighted by atomic mass is 16.7. The van der Waals surface area contributed by atoms with Gasteiger partial charge in [-0.25, -0.2) is 0 Å². The average Bonchev–Trinajstić information content (AvgIpc) is 3.09. The number of nitrogens with one attached hydrogen (secondary N) is 2. The Morgan fingerprint density at radius 1 is 1.12 bits per heavy atom. The minimum atomic E-state index is 0.115. The number of ketones is 1. The van der Waals surface area contributed by atoms with Gasteiger partial charge >= 0.3 is 0 Å². The number of anilines is 1. The number of Topliss-reactive ketones (excluding diaryl/α,β-unsaturated/α-hetero) is 1. The highest BCUT2D eigenvalue weighted by Crippen LogP contribution is 2.32. The van der Waals surface area contributed by atoms with Gasteiger partial charge < -0.3 is 20.1 Å². The van der Waals surface area contributed by atoms with Crippen molar-refractivity contribution in [2.45, 2.75) is 19.4 Å². The summed E-state index contributed by atoms with van der Waals surface area (Å²) < 4.78 is 10.7. The van der Waals surface area contributed by atoms with E-state index in [0.717, 1.165) is 47.7 Å². The van der Waals surface area contributed by atoms with Gasteiger partial charge in [-0.1, -0.05) is 6.07 Å². The topological polar surface area (TPSA) is 59.6 Å². The van der Waals surface area contributed by atoms with Gasteiger partial charge in [-0.15, -0.1) is 0 Å². The molecule has 0 aromatic heterocycles. The summed E-state index contributed by atoms with van der Waals surface area (Å²) in [6.07, 6.45) is 2.15. The molecule has 0 fully saturated rings. The summed E-state index contributed by atoms with van der Waals surface area (Å²) in [6.45, 7) is 2.23. The zero-order valence-corrected chi connectivity index (χ0v) is 13.4. The molecule has 2 aliphatic heterocycles. The second kappa shape index (κ2) is 6.53. The molecule has 2 aromatic rings. The molecule has 2 aliphatic rings. The smallest absolute Gasteiger partial charge is 0.231 e. The highest BCUT2D eigenvalue weighted by Gasteiger charge is 2.14. The maximum absolute atomic E-state index is 12.4. The molecule has 0 saturated carbocycles. The number of rotatable bonds is 5. The third-order valence-electron chi connectivity index (χ3n) is 4.42. The summed E-state index contributed by atoms with van der Waals surface area (Å²) in [5.41, 5.74) is 4.24. The number of hydrogen-bond acceptors (Lipinski definition) is 5. The molecule has 5 nitrogen and oxygen atoms in total. The van der Waals surface area contributed by atoms with Crippen molar-refractivity contribution >= 4 is 11.5 Å². The first-order valence-corrected chi connectivity index (χ1v) is 8.29. The van der Waals surface area contributed by atoms with Crippen molar-refractivity contribution in [2.24, 2.45) is 0 Å². The van der Waals surface area contributed by atoms with Crippen LogP contribution in [0.15, 0.2) is 36.4 Å². The van der Waals surface area contributed by atoms with Crippen LogP contribution in [0.5, 0.6) is 11.5 Å². The van der Waals surface area contributed by atoms with E-state index in [2.05, 4.69) is 10.6 Å². The van der Waals surface area contributed by atoms with Crippen LogP contribution in [-0.2, 0) is 13.0 Å². The fourth-order valence-electron chi connectivity index (χ4n) is 3.12.